The van der Waals surface area contributed by atoms with Crippen LogP contribution in [0, 0.1) is 13.8 Å². The summed E-state index contributed by atoms with van der Waals surface area (Å²) in [6.45, 7) is 5.55. The lowest BCUT2D eigenvalue weighted by atomic mass is 10.1. The first-order valence-electron chi connectivity index (χ1n) is 5.78. The summed E-state index contributed by atoms with van der Waals surface area (Å²) in [6.07, 6.45) is 4.20. The smallest absolute Gasteiger partial charge is 0.339 e. The third-order valence-electron chi connectivity index (χ3n) is 2.81. The minimum atomic E-state index is -0.967. The highest BCUT2D eigenvalue weighted by molar-refractivity contribution is 5.93. The fraction of sp³-hybridized carbons (Fsp3) is 0.308. The van der Waals surface area contributed by atoms with Gasteiger partial charge in [0.2, 0.25) is 0 Å². The van der Waals surface area contributed by atoms with Gasteiger partial charge in [0.15, 0.2) is 0 Å². The van der Waals surface area contributed by atoms with Gasteiger partial charge in [0.1, 0.15) is 11.4 Å². The van der Waals surface area contributed by atoms with Gasteiger partial charge in [-0.3, -0.25) is 4.98 Å². The van der Waals surface area contributed by atoms with Crippen molar-refractivity contribution in [3.05, 3.63) is 41.2 Å². The molecule has 0 saturated heterocycles. The number of nitrogens with zero attached hydrogens (tertiary/aromatic N) is 3. The van der Waals surface area contributed by atoms with Crippen molar-refractivity contribution < 1.29 is 9.90 Å². The minimum Gasteiger partial charge on any atom is -0.478 e. The molecule has 0 fully saturated rings. The standard InChI is InChI=1S/C13H15N3O2/c1-4-11-14-5-6-16(11)10-7-8(2)15-9(3)12(10)13(17)18/h5-7H,4H2,1-3H3,(H,17,18). The maximum Gasteiger partial charge on any atom is 0.339 e. The largest absolute Gasteiger partial charge is 0.478 e. The lowest BCUT2D eigenvalue weighted by molar-refractivity contribution is 0.0695. The molecule has 2 heterocycles. The van der Waals surface area contributed by atoms with Crippen LogP contribution in [0.3, 0.4) is 0 Å². The maximum absolute atomic E-state index is 11.4. The summed E-state index contributed by atoms with van der Waals surface area (Å²) in [7, 11) is 0. The van der Waals surface area contributed by atoms with E-state index in [-0.39, 0.29) is 5.56 Å². The Hall–Kier alpha value is -2.17. The van der Waals surface area contributed by atoms with Crippen molar-refractivity contribution in [3.63, 3.8) is 0 Å². The van der Waals surface area contributed by atoms with Gasteiger partial charge in [-0.15, -0.1) is 0 Å². The summed E-state index contributed by atoms with van der Waals surface area (Å²) in [6, 6.07) is 1.78. The lowest BCUT2D eigenvalue weighted by Crippen LogP contribution is -2.11. The Bertz CT molecular complexity index is 602. The van der Waals surface area contributed by atoms with E-state index >= 15 is 0 Å². The van der Waals surface area contributed by atoms with E-state index in [2.05, 4.69) is 9.97 Å². The van der Waals surface area contributed by atoms with Crippen molar-refractivity contribution in [1.29, 1.82) is 0 Å². The Morgan fingerprint density at radius 2 is 2.17 bits per heavy atom. The molecule has 94 valence electrons. The monoisotopic (exact) mass is 245 g/mol. The van der Waals surface area contributed by atoms with Crippen LogP contribution < -0.4 is 0 Å². The van der Waals surface area contributed by atoms with Crippen LogP contribution in [0.25, 0.3) is 5.69 Å². The Kier molecular flexibility index (Phi) is 3.14. The summed E-state index contributed by atoms with van der Waals surface area (Å²) in [5.74, 6) is -0.131. The van der Waals surface area contributed by atoms with Crippen LogP contribution in [0.4, 0.5) is 0 Å². The normalized spacial score (nSPS) is 10.6. The molecule has 0 atom stereocenters. The van der Waals surface area contributed by atoms with E-state index in [0.29, 0.717) is 11.4 Å². The average Bonchev–Trinajstić information content (AvgIpc) is 2.74. The van der Waals surface area contributed by atoms with Gasteiger partial charge in [-0.2, -0.15) is 0 Å². The van der Waals surface area contributed by atoms with Crippen molar-refractivity contribution in [3.8, 4) is 5.69 Å². The summed E-state index contributed by atoms with van der Waals surface area (Å²) in [5, 5.41) is 9.33. The number of aryl methyl sites for hydroxylation is 3. The highest BCUT2D eigenvalue weighted by Crippen LogP contribution is 2.20. The minimum absolute atomic E-state index is 0.230. The molecule has 2 aromatic rings. The Morgan fingerprint density at radius 1 is 1.44 bits per heavy atom. The molecule has 0 aliphatic carbocycles. The number of hydrogen-bond acceptors (Lipinski definition) is 3. The molecule has 0 bridgehead atoms. The lowest BCUT2D eigenvalue weighted by Gasteiger charge is -2.12. The topological polar surface area (TPSA) is 68.0 Å². The van der Waals surface area contributed by atoms with Crippen LogP contribution in [-0.2, 0) is 6.42 Å². The molecule has 0 aliphatic rings. The summed E-state index contributed by atoms with van der Waals surface area (Å²) >= 11 is 0. The Balaban J connectivity index is 2.73. The fourth-order valence-electron chi connectivity index (χ4n) is 2.08. The Labute approximate surface area is 105 Å². The van der Waals surface area contributed by atoms with E-state index < -0.39 is 5.97 Å². The molecule has 1 N–H and O–H groups in total. The van der Waals surface area contributed by atoms with Crippen LogP contribution >= 0.6 is 0 Å². The number of carboxylic acid groups (broad SMARTS) is 1. The second kappa shape index (κ2) is 4.60. The van der Waals surface area contributed by atoms with Crippen molar-refractivity contribution in [2.75, 3.05) is 0 Å². The highest BCUT2D eigenvalue weighted by atomic mass is 16.4. The van der Waals surface area contributed by atoms with Gasteiger partial charge in [-0.05, 0) is 19.9 Å². The SMILES string of the molecule is CCc1nccn1-c1cc(C)nc(C)c1C(=O)O. The molecular weight excluding hydrogens is 230 g/mol. The highest BCUT2D eigenvalue weighted by Gasteiger charge is 2.18. The second-order valence-electron chi connectivity index (χ2n) is 4.12. The van der Waals surface area contributed by atoms with Crippen molar-refractivity contribution in [1.82, 2.24) is 14.5 Å². The van der Waals surface area contributed by atoms with Crippen LogP contribution in [0.1, 0.15) is 34.5 Å². The van der Waals surface area contributed by atoms with Crippen molar-refractivity contribution in [2.45, 2.75) is 27.2 Å². The molecule has 0 saturated carbocycles. The number of rotatable bonds is 3. The zero-order valence-corrected chi connectivity index (χ0v) is 10.6. The molecule has 5 heteroatoms. The first-order valence-corrected chi connectivity index (χ1v) is 5.78. The zero-order chi connectivity index (χ0) is 13.3. The number of aromatic nitrogens is 3. The fourth-order valence-corrected chi connectivity index (χ4v) is 2.08. The maximum atomic E-state index is 11.4. The molecule has 0 radical (unpaired) electrons. The molecule has 0 spiro atoms. The number of imidazole rings is 1. The van der Waals surface area contributed by atoms with E-state index in [0.717, 1.165) is 17.9 Å². The molecule has 0 aliphatic heterocycles. The number of pyridine rings is 1. The molecule has 5 nitrogen and oxygen atoms in total. The van der Waals surface area contributed by atoms with Crippen LogP contribution in [0.15, 0.2) is 18.5 Å². The van der Waals surface area contributed by atoms with Crippen LogP contribution in [0.5, 0.6) is 0 Å². The van der Waals surface area contributed by atoms with Gasteiger partial charge >= 0.3 is 5.97 Å². The predicted molar refractivity (Wildman–Crippen MR) is 67.2 cm³/mol. The van der Waals surface area contributed by atoms with Gasteiger partial charge in [0, 0.05) is 24.5 Å². The number of hydrogen-bond donors (Lipinski definition) is 1. The Morgan fingerprint density at radius 3 is 2.78 bits per heavy atom. The molecule has 0 unspecified atom stereocenters. The summed E-state index contributed by atoms with van der Waals surface area (Å²) < 4.78 is 1.81. The first kappa shape index (κ1) is 12.3. The number of carboxylic acids is 1. The first-order chi connectivity index (χ1) is 8.54. The third kappa shape index (κ3) is 1.99. The van der Waals surface area contributed by atoms with E-state index in [1.54, 1.807) is 25.4 Å². The molecule has 2 rings (SSSR count). The van der Waals surface area contributed by atoms with Crippen molar-refractivity contribution >= 4 is 5.97 Å². The van der Waals surface area contributed by atoms with Crippen LogP contribution in [0.2, 0.25) is 0 Å². The van der Waals surface area contributed by atoms with Crippen molar-refractivity contribution in [2.24, 2.45) is 0 Å². The number of carbonyl (C=O) groups is 1. The molecule has 2 aromatic heterocycles. The van der Waals surface area contributed by atoms with E-state index in [1.165, 1.54) is 0 Å². The summed E-state index contributed by atoms with van der Waals surface area (Å²) in [4.78, 5) is 19.8. The average molecular weight is 245 g/mol. The van der Waals surface area contributed by atoms with E-state index in [1.807, 2.05) is 18.4 Å². The van der Waals surface area contributed by atoms with Crippen LogP contribution in [-0.4, -0.2) is 25.6 Å². The summed E-state index contributed by atoms with van der Waals surface area (Å²) in [5.41, 5.74) is 2.17. The van der Waals surface area contributed by atoms with E-state index in [4.69, 9.17) is 0 Å². The van der Waals surface area contributed by atoms with Gasteiger partial charge in [-0.25, -0.2) is 9.78 Å². The third-order valence-corrected chi connectivity index (χ3v) is 2.81. The molecule has 18 heavy (non-hydrogen) atoms. The number of aromatic carboxylic acids is 1. The predicted octanol–water partition coefficient (Wildman–Crippen LogP) is 2.14. The van der Waals surface area contributed by atoms with Gasteiger partial charge in [0.25, 0.3) is 0 Å². The second-order valence-corrected chi connectivity index (χ2v) is 4.12. The molecule has 0 amide bonds. The quantitative estimate of drug-likeness (QED) is 0.899. The molecule has 0 aromatic carbocycles. The van der Waals surface area contributed by atoms with Gasteiger partial charge in [0.05, 0.1) is 11.4 Å². The zero-order valence-electron chi connectivity index (χ0n) is 10.6. The van der Waals surface area contributed by atoms with E-state index in [9.17, 15) is 9.90 Å². The molecular formula is C13H15N3O2. The van der Waals surface area contributed by atoms with Gasteiger partial charge < -0.3 is 9.67 Å². The van der Waals surface area contributed by atoms with Gasteiger partial charge in [-0.1, -0.05) is 6.92 Å².